The predicted molar refractivity (Wildman–Crippen MR) is 306 cm³/mol. The fourth-order valence-electron chi connectivity index (χ4n) is 11.0. The molecule has 0 aliphatic heterocycles. The Bertz CT molecular complexity index is 3470. The Balaban J connectivity index is 1.13. The van der Waals surface area contributed by atoms with Crippen molar-refractivity contribution in [1.29, 1.82) is 0 Å². The third-order valence-electron chi connectivity index (χ3n) is 13.9. The van der Waals surface area contributed by atoms with Crippen molar-refractivity contribution in [2.24, 2.45) is 23.7 Å². The Labute approximate surface area is 434 Å². The van der Waals surface area contributed by atoms with Gasteiger partial charge in [0.15, 0.2) is 0 Å². The van der Waals surface area contributed by atoms with E-state index >= 15 is 0 Å². The summed E-state index contributed by atoms with van der Waals surface area (Å²) in [5, 5.41) is 2.34. The first-order valence-corrected chi connectivity index (χ1v) is 26.7. The van der Waals surface area contributed by atoms with E-state index < -0.39 is 0 Å². The summed E-state index contributed by atoms with van der Waals surface area (Å²) < 4.78 is 13.7. The number of nitrogens with zero attached hydrogens (tertiary/aromatic N) is 4. The molecule has 0 atom stereocenters. The summed E-state index contributed by atoms with van der Waals surface area (Å²) in [7, 11) is 0. The van der Waals surface area contributed by atoms with Crippen LogP contribution in [0.4, 0.5) is 0 Å². The van der Waals surface area contributed by atoms with Gasteiger partial charge >= 0.3 is 0 Å². The second-order valence-corrected chi connectivity index (χ2v) is 23.2. The van der Waals surface area contributed by atoms with Gasteiger partial charge in [-0.2, -0.15) is 0 Å². The maximum absolute atomic E-state index is 6.86. The first-order valence-electron chi connectivity index (χ1n) is 26.7. The Hall–Kier alpha value is -7.24. The van der Waals surface area contributed by atoms with E-state index in [2.05, 4.69) is 248 Å². The topological polar surface area (TPSA) is 35.9 Å². The van der Waals surface area contributed by atoms with Gasteiger partial charge in [-0.3, -0.25) is 13.7 Å². The van der Waals surface area contributed by atoms with Crippen LogP contribution in [-0.2, 0) is 31.1 Å². The van der Waals surface area contributed by atoms with Crippen molar-refractivity contribution in [3.05, 3.63) is 198 Å². The van der Waals surface area contributed by atoms with Gasteiger partial charge in [0.1, 0.15) is 17.3 Å². The highest BCUT2D eigenvalue weighted by molar-refractivity contribution is 6.09. The van der Waals surface area contributed by atoms with Crippen LogP contribution in [0.2, 0.25) is 0 Å². The van der Waals surface area contributed by atoms with Crippen LogP contribution in [0.5, 0.6) is 11.5 Å². The van der Waals surface area contributed by atoms with Crippen molar-refractivity contribution in [2.45, 2.75) is 107 Å². The van der Waals surface area contributed by atoms with Gasteiger partial charge in [0, 0.05) is 23.0 Å². The summed E-state index contributed by atoms with van der Waals surface area (Å²) in [5.41, 5.74) is 18.0. The maximum Gasteiger partial charge on any atom is 0.269 e. The molecule has 10 aromatic rings. The minimum atomic E-state index is -0.0180. The molecule has 0 saturated carbocycles. The van der Waals surface area contributed by atoms with E-state index in [0.717, 1.165) is 81.8 Å². The number of rotatable bonds is 15. The minimum Gasteiger partial charge on any atom is -0.458 e. The molecule has 370 valence electrons. The summed E-state index contributed by atoms with van der Waals surface area (Å²) in [6, 6.07) is 58.1. The number of fused-ring (bicyclic) bond motifs is 4. The van der Waals surface area contributed by atoms with E-state index in [9.17, 15) is 0 Å². The fourth-order valence-corrected chi connectivity index (χ4v) is 11.0. The fraction of sp³-hybridized carbons (Fsp3) is 0.294. The highest BCUT2D eigenvalue weighted by Crippen LogP contribution is 2.39. The number of imidazole rings is 1. The summed E-state index contributed by atoms with van der Waals surface area (Å²) in [4.78, 5) is 4.92. The van der Waals surface area contributed by atoms with Crippen molar-refractivity contribution in [2.75, 3.05) is 0 Å². The van der Waals surface area contributed by atoms with Gasteiger partial charge < -0.3 is 4.74 Å². The van der Waals surface area contributed by atoms with Crippen LogP contribution in [-0.4, -0.2) is 14.1 Å². The molecule has 0 unspecified atom stereocenters. The largest absolute Gasteiger partial charge is 0.458 e. The van der Waals surface area contributed by atoms with Gasteiger partial charge in [-0.25, -0.2) is 4.98 Å². The molecule has 3 heterocycles. The lowest BCUT2D eigenvalue weighted by Crippen LogP contribution is -2.31. The van der Waals surface area contributed by atoms with Crippen LogP contribution >= 0.6 is 0 Å². The summed E-state index contributed by atoms with van der Waals surface area (Å²) in [6.07, 6.45) is 10.0. The molecule has 0 radical (unpaired) electrons. The molecule has 0 aliphatic rings. The molecule has 0 bridgehead atoms. The van der Waals surface area contributed by atoms with Crippen LogP contribution < -0.4 is 9.30 Å². The molecule has 0 fully saturated rings. The zero-order valence-corrected chi connectivity index (χ0v) is 44.9. The lowest BCUT2D eigenvalue weighted by molar-refractivity contribution is -0.571. The van der Waals surface area contributed by atoms with Gasteiger partial charge in [0.05, 0.1) is 33.4 Å². The third kappa shape index (κ3) is 10.5. The summed E-state index contributed by atoms with van der Waals surface area (Å²) in [5.74, 6) is 4.55. The molecule has 0 aliphatic carbocycles. The number of para-hydroxylation sites is 4. The monoisotopic (exact) mass is 961 g/mol. The van der Waals surface area contributed by atoms with Gasteiger partial charge in [-0.05, 0) is 153 Å². The van der Waals surface area contributed by atoms with Gasteiger partial charge in [-0.1, -0.05) is 179 Å². The molecular weight excluding hydrogens is 889 g/mol. The number of hydrogen-bond donors (Lipinski definition) is 0. The van der Waals surface area contributed by atoms with E-state index in [1.165, 1.54) is 55.5 Å². The Morgan fingerprint density at radius 2 is 1.04 bits per heavy atom. The van der Waals surface area contributed by atoms with Gasteiger partial charge in [-0.15, -0.1) is 0 Å². The molecule has 0 spiro atoms. The quantitative estimate of drug-likeness (QED) is 0.0758. The average Bonchev–Trinajstić information content (AvgIpc) is 3.89. The molecule has 0 N–H and O–H groups in total. The van der Waals surface area contributed by atoms with E-state index in [0.29, 0.717) is 23.7 Å². The number of pyridine rings is 1. The van der Waals surface area contributed by atoms with E-state index in [4.69, 9.17) is 9.72 Å². The smallest absolute Gasteiger partial charge is 0.269 e. The second-order valence-electron chi connectivity index (χ2n) is 23.2. The Kier molecular flexibility index (Phi) is 13.8. The van der Waals surface area contributed by atoms with Gasteiger partial charge in [0.25, 0.3) is 6.33 Å². The lowest BCUT2D eigenvalue weighted by Gasteiger charge is -2.20. The van der Waals surface area contributed by atoms with Crippen molar-refractivity contribution in [3.63, 3.8) is 0 Å². The zero-order chi connectivity index (χ0) is 51.1. The number of aromatic nitrogens is 4. The van der Waals surface area contributed by atoms with Crippen LogP contribution in [0.3, 0.4) is 0 Å². The van der Waals surface area contributed by atoms with Crippen LogP contribution in [0.15, 0.2) is 164 Å². The predicted octanol–water partition coefficient (Wildman–Crippen LogP) is 17.4. The molecule has 10 rings (SSSR count). The molecule has 5 heteroatoms. The zero-order valence-electron chi connectivity index (χ0n) is 44.9. The van der Waals surface area contributed by atoms with E-state index in [1.807, 2.05) is 12.3 Å². The lowest BCUT2D eigenvalue weighted by atomic mass is 9.88. The normalized spacial score (nSPS) is 12.2. The molecule has 7 aromatic carbocycles. The first-order chi connectivity index (χ1) is 35.1. The minimum absolute atomic E-state index is 0.0180. The first kappa shape index (κ1) is 49.3. The molecular formula is C68H72N4O. The van der Waals surface area contributed by atoms with Crippen LogP contribution in [0, 0.1) is 30.0 Å². The number of ether oxygens (including phenoxy) is 1. The Morgan fingerprint density at radius 1 is 0.507 bits per heavy atom. The van der Waals surface area contributed by atoms with Crippen LogP contribution in [0.25, 0.3) is 72.3 Å². The highest BCUT2D eigenvalue weighted by atomic mass is 16.5. The SMILES string of the molecule is CC(C)Cc1cc(CC(C)C)cc(-c2cccc(-c3cc(CC(C)C)cc(CC(C)C)c3)c2-[n+]2[c-]n(-c3cccc(Oc4ccc5c6ccccc6n(-c6cc(C(C)(C)C)ccn6)c5c4)c3)c3ccccc32)c1. The molecule has 0 saturated heterocycles. The maximum atomic E-state index is 6.86. The van der Waals surface area contributed by atoms with Crippen molar-refractivity contribution in [3.8, 4) is 50.9 Å². The summed E-state index contributed by atoms with van der Waals surface area (Å²) >= 11 is 0. The van der Waals surface area contributed by atoms with E-state index in [-0.39, 0.29) is 5.41 Å². The van der Waals surface area contributed by atoms with Crippen LogP contribution in [0.1, 0.15) is 104 Å². The average molecular weight is 961 g/mol. The van der Waals surface area contributed by atoms with E-state index in [1.54, 1.807) is 0 Å². The molecule has 5 nitrogen and oxygen atoms in total. The molecule has 3 aromatic heterocycles. The second kappa shape index (κ2) is 20.3. The van der Waals surface area contributed by atoms with Gasteiger partial charge in [0.2, 0.25) is 0 Å². The Morgan fingerprint density at radius 3 is 1.63 bits per heavy atom. The molecule has 0 amide bonds. The van der Waals surface area contributed by atoms with Crippen molar-refractivity contribution >= 4 is 32.8 Å². The number of benzene rings is 7. The van der Waals surface area contributed by atoms with Crippen molar-refractivity contribution < 1.29 is 9.30 Å². The van der Waals surface area contributed by atoms with Crippen molar-refractivity contribution in [1.82, 2.24) is 14.1 Å². The standard InChI is InChI=1S/C68H72N4O/c1-44(2)30-48-34-49(31-45(3)4)37-52(36-48)58-21-17-22-59(53-38-50(32-46(5)6)35-51(39-53)33-47(7)8)67(58)71-43-70(63-24-14-15-25-64(63)71)55-18-16-19-56(41-55)73-57-26-27-61-60-20-12-13-23-62(60)72(65(61)42-57)66-40-54(28-29-69-66)68(9,10)11/h12-29,34-42,44-47H,30-33H2,1-11H3. The highest BCUT2D eigenvalue weighted by Gasteiger charge is 2.23. The molecule has 73 heavy (non-hydrogen) atoms. The third-order valence-corrected chi connectivity index (χ3v) is 13.9. The number of hydrogen-bond acceptors (Lipinski definition) is 2. The summed E-state index contributed by atoms with van der Waals surface area (Å²) in [6.45, 7) is 25.3.